The van der Waals surface area contributed by atoms with Crippen molar-refractivity contribution in [3.05, 3.63) is 83.4 Å². The number of rotatable bonds is 3. The summed E-state index contributed by atoms with van der Waals surface area (Å²) in [4.78, 5) is 21.6. The second-order valence-electron chi connectivity index (χ2n) is 6.54. The van der Waals surface area contributed by atoms with Crippen LogP contribution >= 0.6 is 0 Å². The second kappa shape index (κ2) is 5.57. The first kappa shape index (κ1) is 15.6. The van der Waals surface area contributed by atoms with Gasteiger partial charge < -0.3 is 10.1 Å². The lowest BCUT2D eigenvalue weighted by Gasteiger charge is -2.32. The van der Waals surface area contributed by atoms with Gasteiger partial charge in [0, 0.05) is 29.2 Å². The minimum Gasteiger partial charge on any atom is -0.360 e. The molecule has 25 heavy (non-hydrogen) atoms. The number of aromatic nitrogens is 2. The van der Waals surface area contributed by atoms with Crippen LogP contribution in [-0.4, -0.2) is 21.0 Å². The van der Waals surface area contributed by atoms with E-state index in [-0.39, 0.29) is 5.91 Å². The molecule has 0 saturated heterocycles. The summed E-state index contributed by atoms with van der Waals surface area (Å²) in [6.45, 7) is 4.23. The van der Waals surface area contributed by atoms with Gasteiger partial charge >= 0.3 is 0 Å². The molecule has 1 atom stereocenters. The van der Waals surface area contributed by atoms with Crippen molar-refractivity contribution < 1.29 is 9.90 Å². The molecule has 1 aromatic heterocycles. The molecule has 1 aliphatic rings. The van der Waals surface area contributed by atoms with Crippen LogP contribution in [0.3, 0.4) is 0 Å². The molecular weight excluding hydrogens is 314 g/mol. The van der Waals surface area contributed by atoms with Crippen molar-refractivity contribution in [2.45, 2.75) is 25.5 Å². The standard InChI is InChI=1S/C20H19N3O2/c1-13(2)14-7-9-15(10-8-14)23-18(24)16-5-3-4-6-17(16)20(23,25)19-21-11-12-22-19/h3-13,25H,1-2H3,(H,21,22)/t20-/m0/s1. The third-order valence-electron chi connectivity index (χ3n) is 4.71. The molecule has 126 valence electrons. The third kappa shape index (κ3) is 2.20. The number of carbonyl (C=O) groups is 1. The highest BCUT2D eigenvalue weighted by atomic mass is 16.3. The molecule has 0 aliphatic carbocycles. The summed E-state index contributed by atoms with van der Waals surface area (Å²) in [6, 6.07) is 14.8. The van der Waals surface area contributed by atoms with Gasteiger partial charge in [0.2, 0.25) is 5.72 Å². The first-order valence-corrected chi connectivity index (χ1v) is 8.29. The van der Waals surface area contributed by atoms with Crippen molar-refractivity contribution in [3.8, 4) is 0 Å². The number of imidazole rings is 1. The smallest absolute Gasteiger partial charge is 0.261 e. The van der Waals surface area contributed by atoms with E-state index in [1.54, 1.807) is 30.6 Å². The van der Waals surface area contributed by atoms with Crippen LogP contribution in [0, 0.1) is 0 Å². The molecule has 4 rings (SSSR count). The van der Waals surface area contributed by atoms with Crippen LogP contribution in [0.2, 0.25) is 0 Å². The van der Waals surface area contributed by atoms with Gasteiger partial charge in [-0.15, -0.1) is 0 Å². The van der Waals surface area contributed by atoms with Crippen molar-refractivity contribution in [1.29, 1.82) is 0 Å². The van der Waals surface area contributed by atoms with Crippen molar-refractivity contribution in [3.63, 3.8) is 0 Å². The molecule has 5 nitrogen and oxygen atoms in total. The third-order valence-corrected chi connectivity index (χ3v) is 4.71. The number of nitrogens with zero attached hydrogens (tertiary/aromatic N) is 2. The minimum atomic E-state index is -1.66. The zero-order valence-electron chi connectivity index (χ0n) is 14.1. The van der Waals surface area contributed by atoms with Gasteiger partial charge in [-0.25, -0.2) is 4.98 Å². The van der Waals surface area contributed by atoms with Gasteiger partial charge in [-0.05, 0) is 29.7 Å². The van der Waals surface area contributed by atoms with Gasteiger partial charge in [-0.1, -0.05) is 44.2 Å². The van der Waals surface area contributed by atoms with Crippen molar-refractivity contribution in [2.24, 2.45) is 0 Å². The predicted molar refractivity (Wildman–Crippen MR) is 95.4 cm³/mol. The van der Waals surface area contributed by atoms with E-state index in [4.69, 9.17) is 0 Å². The van der Waals surface area contributed by atoms with E-state index in [0.717, 1.165) is 0 Å². The molecule has 0 radical (unpaired) electrons. The summed E-state index contributed by atoms with van der Waals surface area (Å²) in [5.41, 5.74) is 1.16. The van der Waals surface area contributed by atoms with Crippen LogP contribution in [0.1, 0.15) is 47.1 Å². The van der Waals surface area contributed by atoms with Crippen LogP contribution in [0.4, 0.5) is 5.69 Å². The number of carbonyl (C=O) groups excluding carboxylic acids is 1. The molecule has 0 spiro atoms. The number of hydrogen-bond donors (Lipinski definition) is 2. The summed E-state index contributed by atoms with van der Waals surface area (Å²) in [5.74, 6) is 0.468. The summed E-state index contributed by atoms with van der Waals surface area (Å²) in [6.07, 6.45) is 3.21. The van der Waals surface area contributed by atoms with Crippen molar-refractivity contribution in [2.75, 3.05) is 4.90 Å². The molecule has 2 heterocycles. The molecule has 0 unspecified atom stereocenters. The second-order valence-corrected chi connectivity index (χ2v) is 6.54. The Morgan fingerprint density at radius 3 is 2.48 bits per heavy atom. The molecular formula is C20H19N3O2. The van der Waals surface area contributed by atoms with Gasteiger partial charge in [-0.3, -0.25) is 9.69 Å². The largest absolute Gasteiger partial charge is 0.360 e. The van der Waals surface area contributed by atoms with Crippen LogP contribution in [-0.2, 0) is 5.72 Å². The van der Waals surface area contributed by atoms with Crippen molar-refractivity contribution in [1.82, 2.24) is 9.97 Å². The number of anilines is 1. The van der Waals surface area contributed by atoms with Crippen LogP contribution in [0.15, 0.2) is 60.9 Å². The molecule has 2 aromatic carbocycles. The van der Waals surface area contributed by atoms with E-state index >= 15 is 0 Å². The fraction of sp³-hybridized carbons (Fsp3) is 0.200. The fourth-order valence-electron chi connectivity index (χ4n) is 3.36. The number of amides is 1. The molecule has 5 heteroatoms. The number of aromatic amines is 1. The molecule has 2 N–H and O–H groups in total. The zero-order chi connectivity index (χ0) is 17.6. The summed E-state index contributed by atoms with van der Waals surface area (Å²) < 4.78 is 0. The highest BCUT2D eigenvalue weighted by Gasteiger charge is 2.52. The first-order valence-electron chi connectivity index (χ1n) is 8.29. The predicted octanol–water partition coefficient (Wildman–Crippen LogP) is 3.39. The van der Waals surface area contributed by atoms with Gasteiger partial charge in [0.25, 0.3) is 5.91 Å². The van der Waals surface area contributed by atoms with E-state index in [0.29, 0.717) is 28.6 Å². The van der Waals surface area contributed by atoms with Crippen LogP contribution in [0.5, 0.6) is 0 Å². The molecule has 1 aliphatic heterocycles. The molecule has 1 amide bonds. The number of H-pyrrole nitrogens is 1. The maximum absolute atomic E-state index is 13.1. The lowest BCUT2D eigenvalue weighted by Crippen LogP contribution is -2.45. The first-order chi connectivity index (χ1) is 12.0. The molecule has 3 aromatic rings. The van der Waals surface area contributed by atoms with E-state index in [1.165, 1.54) is 10.5 Å². The number of hydrogen-bond acceptors (Lipinski definition) is 3. The Morgan fingerprint density at radius 2 is 1.84 bits per heavy atom. The van der Waals surface area contributed by atoms with Gasteiger partial charge in [0.1, 0.15) is 0 Å². The Bertz CT molecular complexity index is 916. The van der Waals surface area contributed by atoms with E-state index in [2.05, 4.69) is 23.8 Å². The zero-order valence-corrected chi connectivity index (χ0v) is 14.1. The number of aliphatic hydroxyl groups is 1. The Morgan fingerprint density at radius 1 is 1.12 bits per heavy atom. The topological polar surface area (TPSA) is 69.2 Å². The minimum absolute atomic E-state index is 0.244. The number of benzene rings is 2. The number of nitrogens with one attached hydrogen (secondary N) is 1. The fourth-order valence-corrected chi connectivity index (χ4v) is 3.36. The Labute approximate surface area is 146 Å². The molecule has 0 saturated carbocycles. The molecule has 0 bridgehead atoms. The average Bonchev–Trinajstić information content (AvgIpc) is 3.23. The Balaban J connectivity index is 1.90. The average molecular weight is 333 g/mol. The normalized spacial score (nSPS) is 19.5. The van der Waals surface area contributed by atoms with Crippen LogP contribution in [0.25, 0.3) is 0 Å². The van der Waals surface area contributed by atoms with E-state index < -0.39 is 5.72 Å². The monoisotopic (exact) mass is 333 g/mol. The SMILES string of the molecule is CC(C)c1ccc(N2C(=O)c3ccccc3[C@]2(O)c2ncc[nH]2)cc1. The summed E-state index contributed by atoms with van der Waals surface area (Å²) >= 11 is 0. The Hall–Kier alpha value is -2.92. The Kier molecular flexibility index (Phi) is 3.47. The lowest BCUT2D eigenvalue weighted by molar-refractivity contribution is 0.0653. The van der Waals surface area contributed by atoms with Gasteiger partial charge in [0.15, 0.2) is 5.82 Å². The summed E-state index contributed by atoms with van der Waals surface area (Å²) in [5, 5.41) is 11.6. The van der Waals surface area contributed by atoms with E-state index in [1.807, 2.05) is 30.3 Å². The van der Waals surface area contributed by atoms with Crippen LogP contribution < -0.4 is 4.90 Å². The van der Waals surface area contributed by atoms with E-state index in [9.17, 15) is 9.90 Å². The highest BCUT2D eigenvalue weighted by Crippen LogP contribution is 2.43. The quantitative estimate of drug-likeness (QED) is 0.772. The van der Waals surface area contributed by atoms with Gasteiger partial charge in [-0.2, -0.15) is 0 Å². The number of fused-ring (bicyclic) bond motifs is 1. The highest BCUT2D eigenvalue weighted by molar-refractivity contribution is 6.12. The summed E-state index contributed by atoms with van der Waals surface area (Å²) in [7, 11) is 0. The molecule has 0 fully saturated rings. The van der Waals surface area contributed by atoms with Gasteiger partial charge in [0.05, 0.1) is 0 Å². The maximum Gasteiger partial charge on any atom is 0.261 e. The maximum atomic E-state index is 13.1. The lowest BCUT2D eigenvalue weighted by atomic mass is 10.00. The van der Waals surface area contributed by atoms with Crippen molar-refractivity contribution >= 4 is 11.6 Å².